The fraction of sp³-hybridized carbons (Fsp3) is 0.375. The zero-order chi connectivity index (χ0) is 18.9. The molecule has 1 fully saturated rings. The van der Waals surface area contributed by atoms with E-state index in [0.717, 1.165) is 16.9 Å². The Kier molecular flexibility index (Phi) is 5.93. The number of nitrogens with zero attached hydrogens (tertiary/aromatic N) is 1. The monoisotopic (exact) mass is 435 g/mol. The van der Waals surface area contributed by atoms with Gasteiger partial charge in [0.1, 0.15) is 9.96 Å². The van der Waals surface area contributed by atoms with Gasteiger partial charge >= 0.3 is 0 Å². The summed E-state index contributed by atoms with van der Waals surface area (Å²) in [5.74, 6) is 2.27. The number of sulfonamides is 1. The fourth-order valence-corrected chi connectivity index (χ4v) is 7.60. The van der Waals surface area contributed by atoms with Gasteiger partial charge in [0.2, 0.25) is 0 Å². The van der Waals surface area contributed by atoms with E-state index in [0.29, 0.717) is 33.9 Å². The molecule has 1 saturated heterocycles. The van der Waals surface area contributed by atoms with Crippen LogP contribution in [-0.2, 0) is 10.0 Å². The summed E-state index contributed by atoms with van der Waals surface area (Å²) in [5.41, 5.74) is 0.721. The molecule has 26 heavy (non-hydrogen) atoms. The van der Waals surface area contributed by atoms with Crippen molar-refractivity contribution in [3.05, 3.63) is 34.2 Å². The second-order valence-corrected chi connectivity index (χ2v) is 10.4. The lowest BCUT2D eigenvalue weighted by Crippen LogP contribution is -2.30. The molecule has 142 valence electrons. The normalized spacial score (nSPS) is 18.1. The van der Waals surface area contributed by atoms with E-state index in [2.05, 4.69) is 0 Å². The standard InChI is InChI=1S/C16H18ClNO5S3/c1-21-11-9-13(23-3)12(22-2)8-10(11)16-18(6-7-24-16)26(19,20)15-5-4-14(17)25-15/h4-5,8-9,16H,6-7H2,1-3H3. The molecule has 6 nitrogen and oxygen atoms in total. The van der Waals surface area contributed by atoms with Crippen molar-refractivity contribution in [1.29, 1.82) is 0 Å². The van der Waals surface area contributed by atoms with E-state index in [1.807, 2.05) is 0 Å². The molecule has 1 unspecified atom stereocenters. The first kappa shape index (κ1) is 19.6. The largest absolute Gasteiger partial charge is 0.496 e. The highest BCUT2D eigenvalue weighted by Gasteiger charge is 2.39. The van der Waals surface area contributed by atoms with Crippen LogP contribution in [0, 0.1) is 0 Å². The molecule has 1 atom stereocenters. The Labute approximate surface area is 166 Å². The Hall–Kier alpha value is -1.13. The van der Waals surface area contributed by atoms with Gasteiger partial charge in [-0.05, 0) is 18.2 Å². The number of thiophene rings is 1. The summed E-state index contributed by atoms with van der Waals surface area (Å²) in [5, 5.41) is -0.421. The van der Waals surface area contributed by atoms with Gasteiger partial charge in [0.15, 0.2) is 11.5 Å². The second kappa shape index (κ2) is 7.85. The molecule has 1 aliphatic heterocycles. The summed E-state index contributed by atoms with van der Waals surface area (Å²) in [6.07, 6.45) is 0. The molecule has 0 spiro atoms. The van der Waals surface area contributed by atoms with Crippen LogP contribution in [0.15, 0.2) is 28.5 Å². The van der Waals surface area contributed by atoms with Gasteiger partial charge in [-0.1, -0.05) is 11.6 Å². The number of thioether (sulfide) groups is 1. The van der Waals surface area contributed by atoms with Gasteiger partial charge in [-0.2, -0.15) is 4.31 Å². The van der Waals surface area contributed by atoms with Crippen LogP contribution in [0.25, 0.3) is 0 Å². The number of rotatable bonds is 6. The molecular formula is C16H18ClNO5S3. The highest BCUT2D eigenvalue weighted by molar-refractivity contribution is 8.01. The summed E-state index contributed by atoms with van der Waals surface area (Å²) in [6.45, 7) is 0.407. The molecular weight excluding hydrogens is 418 g/mol. The van der Waals surface area contributed by atoms with Crippen molar-refractivity contribution in [2.75, 3.05) is 33.6 Å². The zero-order valence-electron chi connectivity index (χ0n) is 14.4. The van der Waals surface area contributed by atoms with Gasteiger partial charge in [-0.25, -0.2) is 8.42 Å². The summed E-state index contributed by atoms with van der Waals surface area (Å²) in [4.78, 5) is 0. The van der Waals surface area contributed by atoms with E-state index in [9.17, 15) is 8.42 Å². The third kappa shape index (κ3) is 3.50. The average Bonchev–Trinajstić information content (AvgIpc) is 3.30. The summed E-state index contributed by atoms with van der Waals surface area (Å²) in [6, 6.07) is 6.60. The highest BCUT2D eigenvalue weighted by atomic mass is 35.5. The average molecular weight is 436 g/mol. The van der Waals surface area contributed by atoms with E-state index in [1.54, 1.807) is 32.4 Å². The molecule has 1 aliphatic rings. The smallest absolute Gasteiger partial charge is 0.253 e. The number of methoxy groups -OCH3 is 3. The highest BCUT2D eigenvalue weighted by Crippen LogP contribution is 2.48. The molecule has 0 bridgehead atoms. The first-order valence-electron chi connectivity index (χ1n) is 7.61. The van der Waals surface area contributed by atoms with E-state index >= 15 is 0 Å². The number of hydrogen-bond donors (Lipinski definition) is 0. The van der Waals surface area contributed by atoms with E-state index in [-0.39, 0.29) is 4.21 Å². The maximum Gasteiger partial charge on any atom is 0.253 e. The molecule has 3 rings (SSSR count). The quantitative estimate of drug-likeness (QED) is 0.686. The van der Waals surface area contributed by atoms with E-state index < -0.39 is 15.4 Å². The van der Waals surface area contributed by atoms with Crippen molar-refractivity contribution in [2.24, 2.45) is 0 Å². The molecule has 2 aromatic rings. The van der Waals surface area contributed by atoms with Gasteiger partial charge in [0.25, 0.3) is 10.0 Å². The molecule has 1 aromatic heterocycles. The first-order valence-corrected chi connectivity index (χ1v) is 11.3. The van der Waals surface area contributed by atoms with Crippen molar-refractivity contribution >= 4 is 44.7 Å². The molecule has 0 radical (unpaired) electrons. The summed E-state index contributed by atoms with van der Waals surface area (Å²) >= 11 is 8.52. The van der Waals surface area contributed by atoms with Crippen LogP contribution in [-0.4, -0.2) is 46.4 Å². The van der Waals surface area contributed by atoms with Gasteiger partial charge in [0, 0.05) is 23.9 Å². The number of benzene rings is 1. The van der Waals surface area contributed by atoms with E-state index in [1.165, 1.54) is 29.2 Å². The molecule has 0 aliphatic carbocycles. The van der Waals surface area contributed by atoms with Crippen molar-refractivity contribution in [2.45, 2.75) is 9.58 Å². The molecule has 10 heteroatoms. The first-order chi connectivity index (χ1) is 12.4. The molecule has 0 N–H and O–H groups in total. The van der Waals surface area contributed by atoms with Gasteiger partial charge < -0.3 is 14.2 Å². The predicted molar refractivity (Wildman–Crippen MR) is 105 cm³/mol. The zero-order valence-corrected chi connectivity index (χ0v) is 17.6. The van der Waals surface area contributed by atoms with Crippen molar-refractivity contribution in [3.8, 4) is 17.2 Å². The van der Waals surface area contributed by atoms with Crippen LogP contribution in [0.1, 0.15) is 10.9 Å². The van der Waals surface area contributed by atoms with Crippen LogP contribution in [0.2, 0.25) is 4.34 Å². The van der Waals surface area contributed by atoms with Crippen molar-refractivity contribution in [1.82, 2.24) is 4.31 Å². The van der Waals surface area contributed by atoms with Crippen LogP contribution in [0.4, 0.5) is 0 Å². The number of halogens is 1. The maximum atomic E-state index is 13.1. The number of ether oxygens (including phenoxy) is 3. The Bertz CT molecular complexity index is 899. The van der Waals surface area contributed by atoms with Crippen molar-refractivity contribution in [3.63, 3.8) is 0 Å². The maximum absolute atomic E-state index is 13.1. The second-order valence-electron chi connectivity index (χ2n) is 5.35. The van der Waals surface area contributed by atoms with Crippen LogP contribution in [0.5, 0.6) is 17.2 Å². The minimum atomic E-state index is -3.66. The van der Waals surface area contributed by atoms with Gasteiger partial charge in [-0.3, -0.25) is 0 Å². The van der Waals surface area contributed by atoms with Gasteiger partial charge in [0.05, 0.1) is 31.0 Å². The van der Waals surface area contributed by atoms with Crippen LogP contribution < -0.4 is 14.2 Å². The minimum Gasteiger partial charge on any atom is -0.496 e. The Morgan fingerprint density at radius 3 is 2.31 bits per heavy atom. The topological polar surface area (TPSA) is 65.1 Å². The lowest BCUT2D eigenvalue weighted by Gasteiger charge is -2.25. The Balaban J connectivity index is 2.05. The Morgan fingerprint density at radius 1 is 1.08 bits per heavy atom. The fourth-order valence-electron chi connectivity index (χ4n) is 2.74. The number of hydrogen-bond acceptors (Lipinski definition) is 7. The molecule has 1 aromatic carbocycles. The molecule has 2 heterocycles. The Morgan fingerprint density at radius 2 is 1.73 bits per heavy atom. The SMILES string of the molecule is COc1cc(OC)c(C2SCCN2S(=O)(=O)c2ccc(Cl)s2)cc1OC. The van der Waals surface area contributed by atoms with Crippen LogP contribution >= 0.6 is 34.7 Å². The molecule has 0 amide bonds. The van der Waals surface area contributed by atoms with Crippen molar-refractivity contribution < 1.29 is 22.6 Å². The van der Waals surface area contributed by atoms with Crippen LogP contribution in [0.3, 0.4) is 0 Å². The molecule has 0 saturated carbocycles. The predicted octanol–water partition coefficient (Wildman–Crippen LogP) is 3.86. The lowest BCUT2D eigenvalue weighted by molar-refractivity contribution is 0.344. The lowest BCUT2D eigenvalue weighted by atomic mass is 10.1. The summed E-state index contributed by atoms with van der Waals surface area (Å²) < 4.78 is 44.5. The van der Waals surface area contributed by atoms with Gasteiger partial charge in [-0.15, -0.1) is 23.1 Å². The third-order valence-corrected chi connectivity index (χ3v) is 8.90. The minimum absolute atomic E-state index is 0.231. The van der Waals surface area contributed by atoms with E-state index in [4.69, 9.17) is 25.8 Å². The third-order valence-electron chi connectivity index (χ3n) is 3.96. The summed E-state index contributed by atoms with van der Waals surface area (Å²) in [7, 11) is 0.967.